The Hall–Kier alpha value is -2.85. The Bertz CT molecular complexity index is 1420. The Kier molecular flexibility index (Phi) is 8.56. The molecule has 1 amide bonds. The molecular formula is C31H32ClIN2O5. The maximum absolute atomic E-state index is 13.4. The predicted molar refractivity (Wildman–Crippen MR) is 163 cm³/mol. The number of methoxy groups -OCH3 is 1. The van der Waals surface area contributed by atoms with Gasteiger partial charge in [0, 0.05) is 58.6 Å². The number of halogens is 2. The van der Waals surface area contributed by atoms with Crippen molar-refractivity contribution in [3.05, 3.63) is 72.6 Å². The highest BCUT2D eigenvalue weighted by molar-refractivity contribution is 14.1. The number of allylic oxidation sites excluding steroid dienone is 4. The van der Waals surface area contributed by atoms with E-state index in [1.165, 1.54) is 0 Å². The van der Waals surface area contributed by atoms with Crippen molar-refractivity contribution in [1.29, 1.82) is 0 Å². The molecule has 2 aliphatic carbocycles. The molecule has 0 atom stereocenters. The van der Waals surface area contributed by atoms with E-state index in [1.54, 1.807) is 19.2 Å². The summed E-state index contributed by atoms with van der Waals surface area (Å²) in [7, 11) is 1.54. The maximum Gasteiger partial charge on any atom is 0.262 e. The van der Waals surface area contributed by atoms with Crippen LogP contribution in [0.3, 0.4) is 0 Å². The number of hydrogen-bond acceptors (Lipinski definition) is 6. The third kappa shape index (κ3) is 5.40. The molecule has 0 aromatic heterocycles. The topological polar surface area (TPSA) is 84.9 Å². The van der Waals surface area contributed by atoms with Crippen LogP contribution in [0.1, 0.15) is 62.5 Å². The second-order valence-corrected chi connectivity index (χ2v) is 11.9. The Balaban J connectivity index is 1.47. The molecule has 7 nitrogen and oxygen atoms in total. The number of aryl methyl sites for hydroxylation is 1. The van der Waals surface area contributed by atoms with Gasteiger partial charge in [0.2, 0.25) is 0 Å². The Morgan fingerprint density at radius 3 is 2.27 bits per heavy atom. The van der Waals surface area contributed by atoms with Crippen LogP contribution < -0.4 is 14.8 Å². The van der Waals surface area contributed by atoms with E-state index in [1.807, 2.05) is 25.1 Å². The van der Waals surface area contributed by atoms with Gasteiger partial charge in [0.05, 0.1) is 10.7 Å². The summed E-state index contributed by atoms with van der Waals surface area (Å²) in [6.07, 6.45) is 4.27. The molecule has 0 saturated heterocycles. The van der Waals surface area contributed by atoms with Crippen LogP contribution in [0, 0.1) is 10.5 Å². The smallest absolute Gasteiger partial charge is 0.262 e. The summed E-state index contributed by atoms with van der Waals surface area (Å²) in [6.45, 7) is 4.48. The number of ether oxygens (including phenoxy) is 2. The summed E-state index contributed by atoms with van der Waals surface area (Å²) in [5.41, 5.74) is 5.93. The highest BCUT2D eigenvalue weighted by atomic mass is 127. The van der Waals surface area contributed by atoms with Crippen molar-refractivity contribution in [2.45, 2.75) is 58.3 Å². The fourth-order valence-electron chi connectivity index (χ4n) is 5.98. The van der Waals surface area contributed by atoms with E-state index in [4.69, 9.17) is 21.1 Å². The fraction of sp³-hybridized carbons (Fsp3) is 0.387. The number of carbonyl (C=O) groups excluding carboxylic acids is 3. The van der Waals surface area contributed by atoms with Crippen molar-refractivity contribution < 1.29 is 23.9 Å². The van der Waals surface area contributed by atoms with Gasteiger partial charge in [-0.25, -0.2) is 0 Å². The van der Waals surface area contributed by atoms with Gasteiger partial charge < -0.3 is 19.7 Å². The summed E-state index contributed by atoms with van der Waals surface area (Å²) in [6, 6.07) is 9.11. The lowest BCUT2D eigenvalue weighted by molar-refractivity contribution is -0.118. The molecule has 0 radical (unpaired) electrons. The van der Waals surface area contributed by atoms with Gasteiger partial charge in [-0.15, -0.1) is 0 Å². The Labute approximate surface area is 253 Å². The van der Waals surface area contributed by atoms with Gasteiger partial charge in [0.25, 0.3) is 5.91 Å². The van der Waals surface area contributed by atoms with Crippen LogP contribution in [0.2, 0.25) is 5.02 Å². The molecule has 210 valence electrons. The van der Waals surface area contributed by atoms with Crippen molar-refractivity contribution in [3.63, 3.8) is 0 Å². The Morgan fingerprint density at radius 1 is 1.05 bits per heavy atom. The van der Waals surface area contributed by atoms with Crippen molar-refractivity contribution in [1.82, 2.24) is 4.90 Å². The van der Waals surface area contributed by atoms with E-state index >= 15 is 0 Å². The van der Waals surface area contributed by atoms with Crippen LogP contribution >= 0.6 is 34.2 Å². The lowest BCUT2D eigenvalue weighted by Crippen LogP contribution is -2.39. The van der Waals surface area contributed by atoms with E-state index in [-0.39, 0.29) is 24.1 Å². The zero-order valence-corrected chi connectivity index (χ0v) is 25.8. The molecule has 0 saturated carbocycles. The molecule has 40 heavy (non-hydrogen) atoms. The molecule has 1 heterocycles. The van der Waals surface area contributed by atoms with E-state index in [0.29, 0.717) is 35.1 Å². The number of ketones is 2. The second kappa shape index (κ2) is 11.9. The molecule has 1 aliphatic heterocycles. The van der Waals surface area contributed by atoms with Crippen molar-refractivity contribution in [3.8, 4) is 11.5 Å². The number of amides is 1. The number of nitrogens with one attached hydrogen (secondary N) is 1. The Morgan fingerprint density at radius 2 is 1.70 bits per heavy atom. The number of anilines is 1. The monoisotopic (exact) mass is 674 g/mol. The minimum Gasteiger partial charge on any atom is -0.493 e. The van der Waals surface area contributed by atoms with E-state index in [9.17, 15) is 14.4 Å². The van der Waals surface area contributed by atoms with Crippen LogP contribution in [-0.4, -0.2) is 42.6 Å². The molecular weight excluding hydrogens is 643 g/mol. The SMILES string of the molecule is CCN1C2=C(C(=O)CCC2)C(c2cc(I)c(OCC(=O)Nc3ccc(C)c(Cl)c3)c(OC)c2)C2=C1CCCC2=O. The summed E-state index contributed by atoms with van der Waals surface area (Å²) in [5.74, 6) is 0.331. The van der Waals surface area contributed by atoms with Crippen LogP contribution in [0.25, 0.3) is 0 Å². The molecule has 1 N–H and O–H groups in total. The third-order valence-corrected chi connectivity index (χ3v) is 9.00. The molecule has 5 rings (SSSR count). The minimum atomic E-state index is -0.431. The summed E-state index contributed by atoms with van der Waals surface area (Å²) in [5, 5.41) is 3.37. The average Bonchev–Trinajstić information content (AvgIpc) is 2.93. The molecule has 2 aromatic rings. The molecule has 2 aromatic carbocycles. The molecule has 0 bridgehead atoms. The van der Waals surface area contributed by atoms with Crippen molar-refractivity contribution in [2.24, 2.45) is 0 Å². The molecule has 9 heteroatoms. The number of hydrogen-bond donors (Lipinski definition) is 1. The van der Waals surface area contributed by atoms with Crippen LogP contribution in [-0.2, 0) is 14.4 Å². The zero-order chi connectivity index (χ0) is 28.6. The van der Waals surface area contributed by atoms with E-state index in [2.05, 4.69) is 39.7 Å². The molecule has 0 spiro atoms. The summed E-state index contributed by atoms with van der Waals surface area (Å²) in [4.78, 5) is 41.7. The number of rotatable bonds is 7. The van der Waals surface area contributed by atoms with Crippen molar-refractivity contribution >= 4 is 57.4 Å². The van der Waals surface area contributed by atoms with Crippen molar-refractivity contribution in [2.75, 3.05) is 25.6 Å². The first-order chi connectivity index (χ1) is 19.2. The lowest BCUT2D eigenvalue weighted by Gasteiger charge is -2.43. The quantitative estimate of drug-likeness (QED) is 0.329. The first-order valence-corrected chi connectivity index (χ1v) is 15.0. The number of benzene rings is 2. The molecule has 3 aliphatic rings. The highest BCUT2D eigenvalue weighted by Gasteiger charge is 2.43. The van der Waals surface area contributed by atoms with Gasteiger partial charge in [-0.05, 0) is 97.5 Å². The highest BCUT2D eigenvalue weighted by Crippen LogP contribution is 2.50. The van der Waals surface area contributed by atoms with E-state index in [0.717, 1.165) is 69.5 Å². The van der Waals surface area contributed by atoms with Crippen LogP contribution in [0.4, 0.5) is 5.69 Å². The lowest BCUT2D eigenvalue weighted by atomic mass is 9.71. The van der Waals surface area contributed by atoms with Gasteiger partial charge >= 0.3 is 0 Å². The van der Waals surface area contributed by atoms with Gasteiger partial charge in [-0.3, -0.25) is 14.4 Å². The number of nitrogens with zero attached hydrogens (tertiary/aromatic N) is 1. The average molecular weight is 675 g/mol. The predicted octanol–water partition coefficient (Wildman–Crippen LogP) is 6.71. The zero-order valence-electron chi connectivity index (χ0n) is 22.9. The number of Topliss-reactive ketones (excluding diaryl/α,β-unsaturated/α-hetero) is 2. The number of carbonyl (C=O) groups is 3. The van der Waals surface area contributed by atoms with Gasteiger partial charge in [-0.2, -0.15) is 0 Å². The summed E-state index contributed by atoms with van der Waals surface area (Å²) < 4.78 is 12.4. The fourth-order valence-corrected chi connectivity index (χ4v) is 6.95. The maximum atomic E-state index is 13.4. The first kappa shape index (κ1) is 28.7. The third-order valence-electron chi connectivity index (χ3n) is 7.79. The van der Waals surface area contributed by atoms with Gasteiger partial charge in [-0.1, -0.05) is 17.7 Å². The van der Waals surface area contributed by atoms with Crippen LogP contribution in [0.15, 0.2) is 52.9 Å². The minimum absolute atomic E-state index is 0.108. The first-order valence-electron chi connectivity index (χ1n) is 13.6. The standard InChI is InChI=1S/C31H32ClIN2O5/c1-4-35-22-7-5-9-24(36)29(22)28(30-23(35)8-6-10-25(30)37)18-13-21(33)31(26(14-18)39-3)40-16-27(38)34-19-12-11-17(2)20(32)15-19/h11-15,28H,4-10,16H2,1-3H3,(H,34,38). The van der Waals surface area contributed by atoms with E-state index < -0.39 is 5.92 Å². The molecule has 0 unspecified atom stereocenters. The molecule has 0 fully saturated rings. The second-order valence-electron chi connectivity index (χ2n) is 10.3. The summed E-state index contributed by atoms with van der Waals surface area (Å²) >= 11 is 8.34. The normalized spacial score (nSPS) is 17.6. The van der Waals surface area contributed by atoms with Crippen LogP contribution in [0.5, 0.6) is 11.5 Å². The van der Waals surface area contributed by atoms with Gasteiger partial charge in [0.1, 0.15) is 0 Å². The van der Waals surface area contributed by atoms with Gasteiger partial charge in [0.15, 0.2) is 29.7 Å². The largest absolute Gasteiger partial charge is 0.493 e.